The van der Waals surface area contributed by atoms with Crippen LogP contribution in [0.15, 0.2) is 54.7 Å². The highest BCUT2D eigenvalue weighted by atomic mass is 32.1. The maximum atomic E-state index is 12.8. The van der Waals surface area contributed by atoms with Crippen molar-refractivity contribution in [3.63, 3.8) is 0 Å². The number of hydrogen-bond donors (Lipinski definition) is 0. The van der Waals surface area contributed by atoms with Gasteiger partial charge in [0.2, 0.25) is 6.61 Å². The van der Waals surface area contributed by atoms with Crippen molar-refractivity contribution < 1.29 is 27.4 Å². The first kappa shape index (κ1) is 21.9. The number of esters is 1. The Hall–Kier alpha value is -3.33. The van der Waals surface area contributed by atoms with Gasteiger partial charge in [-0.25, -0.2) is 4.98 Å². The van der Waals surface area contributed by atoms with Crippen LogP contribution >= 0.6 is 11.3 Å². The number of rotatable bonds is 6. The van der Waals surface area contributed by atoms with E-state index < -0.39 is 11.7 Å². The predicted octanol–water partition coefficient (Wildman–Crippen LogP) is 5.67. The Morgan fingerprint density at radius 2 is 1.88 bits per heavy atom. The highest BCUT2D eigenvalue weighted by Crippen LogP contribution is 2.34. The smallest absolute Gasteiger partial charge is 0.475 e. The Balaban J connectivity index is 1.57. The lowest BCUT2D eigenvalue weighted by Crippen LogP contribution is -2.13. The van der Waals surface area contributed by atoms with Gasteiger partial charge in [0.1, 0.15) is 10.8 Å². The lowest BCUT2D eigenvalue weighted by molar-refractivity contribution is -0.137. The number of benzene rings is 2. The Labute approximate surface area is 186 Å². The molecule has 4 aromatic rings. The van der Waals surface area contributed by atoms with Gasteiger partial charge in [0.05, 0.1) is 23.3 Å². The van der Waals surface area contributed by atoms with E-state index in [1.165, 1.54) is 30.6 Å². The van der Waals surface area contributed by atoms with Crippen molar-refractivity contribution in [1.82, 2.24) is 9.55 Å². The van der Waals surface area contributed by atoms with Gasteiger partial charge in [-0.3, -0.25) is 0 Å². The standard InChI is InChI=1S/C23H19F3N2O3S/c1-14-20(32-22(27-14)15-6-8-16(9-7-15)23(24,25)26)12-28-11-10-17-18(28)4-3-5-19(17)31-13-21(29)30-2/h3-11H,12-13H2,1-2H3/p+1. The first-order chi connectivity index (χ1) is 15.3. The van der Waals surface area contributed by atoms with Crippen molar-refractivity contribution in [3.8, 4) is 16.3 Å². The summed E-state index contributed by atoms with van der Waals surface area (Å²) < 4.78 is 50.9. The number of nitrogens with zero attached hydrogens (tertiary/aromatic N) is 2. The van der Waals surface area contributed by atoms with Gasteiger partial charge in [0, 0.05) is 22.0 Å². The molecular formula is C23H20F3N2O3S+. The molecule has 0 saturated heterocycles. The second-order valence-electron chi connectivity index (χ2n) is 7.12. The van der Waals surface area contributed by atoms with E-state index in [-0.39, 0.29) is 12.6 Å². The molecule has 9 heteroatoms. The van der Waals surface area contributed by atoms with Gasteiger partial charge in [0.15, 0.2) is 7.11 Å². The van der Waals surface area contributed by atoms with E-state index in [9.17, 15) is 18.0 Å². The molecule has 0 radical (unpaired) electrons. The van der Waals surface area contributed by atoms with E-state index in [1.807, 2.05) is 37.4 Å². The van der Waals surface area contributed by atoms with Gasteiger partial charge >= 0.3 is 12.1 Å². The Morgan fingerprint density at radius 1 is 1.12 bits per heavy atom. The molecule has 0 spiro atoms. The first-order valence-corrected chi connectivity index (χ1v) is 10.5. The van der Waals surface area contributed by atoms with Crippen LogP contribution in [0.4, 0.5) is 13.2 Å². The topological polar surface area (TPSA) is 57.7 Å². The highest BCUT2D eigenvalue weighted by molar-refractivity contribution is 7.15. The van der Waals surface area contributed by atoms with Gasteiger partial charge in [-0.15, -0.1) is 11.3 Å². The summed E-state index contributed by atoms with van der Waals surface area (Å²) in [5.41, 5.74) is 1.75. The van der Waals surface area contributed by atoms with E-state index >= 15 is 0 Å². The molecule has 0 fully saturated rings. The third kappa shape index (κ3) is 4.47. The number of aromatic nitrogens is 2. The number of carbonyl (C=O) groups excluding carboxylic acids is 1. The Kier molecular flexibility index (Phi) is 5.92. The predicted molar refractivity (Wildman–Crippen MR) is 118 cm³/mol. The van der Waals surface area contributed by atoms with Crippen LogP contribution in [0.5, 0.6) is 5.75 Å². The number of hydrogen-bond acceptors (Lipinski definition) is 4. The Morgan fingerprint density at radius 3 is 2.56 bits per heavy atom. The van der Waals surface area contributed by atoms with Crippen molar-refractivity contribution in [2.24, 2.45) is 0 Å². The van der Waals surface area contributed by atoms with Crippen LogP contribution < -0.4 is 4.74 Å². The van der Waals surface area contributed by atoms with Gasteiger partial charge in [-0.2, -0.15) is 13.2 Å². The summed E-state index contributed by atoms with van der Waals surface area (Å²) in [6.45, 7) is 2.39. The van der Waals surface area contributed by atoms with Gasteiger partial charge < -0.3 is 18.8 Å². The van der Waals surface area contributed by atoms with Crippen molar-refractivity contribution >= 4 is 28.2 Å². The minimum absolute atomic E-state index is 0.0643. The average molecular weight is 461 g/mol. The SMILES string of the molecule is COC(=[OH+])COc1cccc2c1ccn2Cc1sc(-c2ccc(C(F)(F)F)cc2)nc1C. The molecule has 0 bridgehead atoms. The molecule has 166 valence electrons. The summed E-state index contributed by atoms with van der Waals surface area (Å²) in [4.78, 5) is 15.0. The maximum absolute atomic E-state index is 12.8. The second kappa shape index (κ2) is 8.66. The van der Waals surface area contributed by atoms with Crippen LogP contribution in [0, 0.1) is 6.92 Å². The molecular weight excluding hydrogens is 441 g/mol. The van der Waals surface area contributed by atoms with Crippen LogP contribution in [0.1, 0.15) is 16.1 Å². The first-order valence-electron chi connectivity index (χ1n) is 9.69. The number of halogens is 3. The zero-order valence-corrected chi connectivity index (χ0v) is 18.1. The fourth-order valence-electron chi connectivity index (χ4n) is 3.31. The summed E-state index contributed by atoms with van der Waals surface area (Å²) in [5.74, 6) is 0.411. The summed E-state index contributed by atoms with van der Waals surface area (Å²) in [6, 6.07) is 12.6. The number of ether oxygens (including phenoxy) is 2. The summed E-state index contributed by atoms with van der Waals surface area (Å²) in [7, 11) is 1.37. The van der Waals surface area contributed by atoms with Crippen molar-refractivity contribution in [3.05, 3.63) is 70.9 Å². The lowest BCUT2D eigenvalue weighted by atomic mass is 10.1. The minimum Gasteiger partial charge on any atom is -0.475 e. The summed E-state index contributed by atoms with van der Waals surface area (Å²) >= 11 is 1.46. The third-order valence-corrected chi connectivity index (χ3v) is 6.22. The molecule has 2 aromatic heterocycles. The molecule has 0 saturated carbocycles. The molecule has 0 amide bonds. The molecule has 0 aliphatic rings. The van der Waals surface area contributed by atoms with Gasteiger partial charge in [-0.1, -0.05) is 18.2 Å². The molecule has 32 heavy (non-hydrogen) atoms. The number of methoxy groups -OCH3 is 1. The molecule has 0 atom stereocenters. The molecule has 4 rings (SSSR count). The zero-order chi connectivity index (χ0) is 22.9. The van der Waals surface area contributed by atoms with Gasteiger partial charge in [0.25, 0.3) is 0 Å². The van der Waals surface area contributed by atoms with Crippen molar-refractivity contribution in [2.45, 2.75) is 19.6 Å². The van der Waals surface area contributed by atoms with Crippen LogP contribution in [0.3, 0.4) is 0 Å². The van der Waals surface area contributed by atoms with Crippen LogP contribution in [-0.4, -0.2) is 34.0 Å². The molecule has 2 aromatic carbocycles. The number of alkyl halides is 3. The van der Waals surface area contributed by atoms with E-state index in [2.05, 4.69) is 9.55 Å². The maximum Gasteiger partial charge on any atom is 0.521 e. The molecule has 0 unspecified atom stereocenters. The average Bonchev–Trinajstić information content (AvgIpc) is 3.35. The van der Waals surface area contributed by atoms with Crippen LogP contribution in [-0.2, 0) is 17.5 Å². The monoisotopic (exact) mass is 461 g/mol. The zero-order valence-electron chi connectivity index (χ0n) is 17.3. The number of fused-ring (bicyclic) bond motifs is 1. The molecule has 5 nitrogen and oxygen atoms in total. The number of thiazole rings is 1. The minimum atomic E-state index is -4.36. The van der Waals surface area contributed by atoms with E-state index in [4.69, 9.17) is 9.47 Å². The number of aryl methyl sites for hydroxylation is 1. The van der Waals surface area contributed by atoms with E-state index in [0.29, 0.717) is 22.9 Å². The second-order valence-corrected chi connectivity index (χ2v) is 8.21. The largest absolute Gasteiger partial charge is 0.521 e. The third-order valence-electron chi connectivity index (χ3n) is 5.03. The summed E-state index contributed by atoms with van der Waals surface area (Å²) in [5, 5.41) is 1.57. The quantitative estimate of drug-likeness (QED) is 0.275. The van der Waals surface area contributed by atoms with Crippen LogP contribution in [0.2, 0.25) is 0 Å². The van der Waals surface area contributed by atoms with Crippen molar-refractivity contribution in [2.75, 3.05) is 13.7 Å². The van der Waals surface area contributed by atoms with Gasteiger partial charge in [-0.05, 0) is 37.3 Å². The summed E-state index contributed by atoms with van der Waals surface area (Å²) in [6.07, 6.45) is -2.42. The Bertz CT molecular complexity index is 1260. The fourth-order valence-corrected chi connectivity index (χ4v) is 4.38. The molecule has 1 N–H and O–H groups in total. The highest BCUT2D eigenvalue weighted by Gasteiger charge is 2.30. The molecule has 0 aliphatic heterocycles. The fraction of sp³-hybridized carbons (Fsp3) is 0.217. The van der Waals surface area contributed by atoms with E-state index in [0.717, 1.165) is 33.6 Å². The molecule has 2 heterocycles. The lowest BCUT2D eigenvalue weighted by Gasteiger charge is -2.07. The molecule has 0 aliphatic carbocycles. The van der Waals surface area contributed by atoms with E-state index in [1.54, 1.807) is 0 Å². The van der Waals surface area contributed by atoms with Crippen LogP contribution in [0.25, 0.3) is 21.5 Å². The van der Waals surface area contributed by atoms with Crippen molar-refractivity contribution in [1.29, 1.82) is 0 Å². The normalized spacial score (nSPS) is 11.7.